The van der Waals surface area contributed by atoms with Crippen LogP contribution in [0, 0.1) is 0 Å². The standard InChI is InChI=1S/C23H19NO4/c25-22-20(18-12-6-2-7-13-18)24(21(28-22)19-14-8-3-9-15-19)23(26)27-16-17-10-4-1-5-11-17/h1-15,20-21H,16H2/t20-,21-/m1/s1. The molecule has 140 valence electrons. The van der Waals surface area contributed by atoms with Crippen LogP contribution in [-0.4, -0.2) is 17.0 Å². The predicted molar refractivity (Wildman–Crippen MR) is 103 cm³/mol. The molecule has 0 N–H and O–H groups in total. The van der Waals surface area contributed by atoms with Crippen molar-refractivity contribution in [3.8, 4) is 0 Å². The lowest BCUT2D eigenvalue weighted by molar-refractivity contribution is -0.143. The highest BCUT2D eigenvalue weighted by Crippen LogP contribution is 2.40. The molecule has 0 bridgehead atoms. The Balaban J connectivity index is 1.64. The smallest absolute Gasteiger partial charge is 0.414 e. The Morgan fingerprint density at radius 2 is 1.36 bits per heavy atom. The van der Waals surface area contributed by atoms with Gasteiger partial charge in [-0.2, -0.15) is 0 Å². The normalized spacial score (nSPS) is 18.6. The quantitative estimate of drug-likeness (QED) is 0.626. The zero-order valence-corrected chi connectivity index (χ0v) is 15.1. The zero-order chi connectivity index (χ0) is 19.3. The lowest BCUT2D eigenvalue weighted by Crippen LogP contribution is -2.34. The topological polar surface area (TPSA) is 55.8 Å². The first-order valence-corrected chi connectivity index (χ1v) is 9.03. The van der Waals surface area contributed by atoms with Gasteiger partial charge in [-0.1, -0.05) is 91.0 Å². The summed E-state index contributed by atoms with van der Waals surface area (Å²) in [5.74, 6) is -0.475. The van der Waals surface area contributed by atoms with Crippen LogP contribution in [0.5, 0.6) is 0 Å². The molecule has 0 aromatic heterocycles. The molecule has 2 atom stereocenters. The number of carbonyl (C=O) groups excluding carboxylic acids is 2. The molecule has 5 nitrogen and oxygen atoms in total. The number of carbonyl (C=O) groups is 2. The summed E-state index contributed by atoms with van der Waals surface area (Å²) >= 11 is 0. The number of rotatable bonds is 4. The average molecular weight is 373 g/mol. The van der Waals surface area contributed by atoms with Crippen molar-refractivity contribution in [2.75, 3.05) is 0 Å². The molecule has 3 aromatic rings. The van der Waals surface area contributed by atoms with Gasteiger partial charge in [-0.3, -0.25) is 0 Å². The molecular formula is C23H19NO4. The maximum absolute atomic E-state index is 13.0. The molecule has 0 spiro atoms. The summed E-state index contributed by atoms with van der Waals surface area (Å²) in [7, 11) is 0. The van der Waals surface area contributed by atoms with Crippen molar-refractivity contribution in [2.45, 2.75) is 18.9 Å². The molecule has 1 fully saturated rings. The van der Waals surface area contributed by atoms with Gasteiger partial charge >= 0.3 is 12.1 Å². The number of amides is 1. The van der Waals surface area contributed by atoms with Crippen LogP contribution in [0.15, 0.2) is 91.0 Å². The van der Waals surface area contributed by atoms with Crippen molar-refractivity contribution < 1.29 is 19.1 Å². The highest BCUT2D eigenvalue weighted by atomic mass is 16.6. The first-order chi connectivity index (χ1) is 13.7. The third kappa shape index (κ3) is 3.60. The number of hydrogen-bond donors (Lipinski definition) is 0. The van der Waals surface area contributed by atoms with E-state index in [-0.39, 0.29) is 6.61 Å². The van der Waals surface area contributed by atoms with Crippen LogP contribution in [-0.2, 0) is 20.9 Å². The van der Waals surface area contributed by atoms with E-state index in [0.29, 0.717) is 11.1 Å². The molecule has 1 heterocycles. The van der Waals surface area contributed by atoms with Gasteiger partial charge in [0.15, 0.2) is 6.04 Å². The summed E-state index contributed by atoms with van der Waals surface area (Å²) in [4.78, 5) is 27.1. The lowest BCUT2D eigenvalue weighted by atomic mass is 10.1. The molecule has 28 heavy (non-hydrogen) atoms. The van der Waals surface area contributed by atoms with Crippen LogP contribution >= 0.6 is 0 Å². The molecule has 4 rings (SSSR count). The number of hydrogen-bond acceptors (Lipinski definition) is 4. The van der Waals surface area contributed by atoms with Crippen LogP contribution in [0.25, 0.3) is 0 Å². The molecule has 0 unspecified atom stereocenters. The van der Waals surface area contributed by atoms with E-state index in [2.05, 4.69) is 0 Å². The summed E-state index contributed by atoms with van der Waals surface area (Å²) < 4.78 is 11.1. The van der Waals surface area contributed by atoms with Gasteiger partial charge in [0.05, 0.1) is 0 Å². The van der Waals surface area contributed by atoms with Crippen molar-refractivity contribution in [3.05, 3.63) is 108 Å². The molecule has 1 saturated heterocycles. The Bertz CT molecular complexity index is 944. The minimum atomic E-state index is -0.852. The zero-order valence-electron chi connectivity index (χ0n) is 15.1. The second-order valence-electron chi connectivity index (χ2n) is 6.46. The van der Waals surface area contributed by atoms with Gasteiger partial charge in [-0.25, -0.2) is 14.5 Å². The fourth-order valence-corrected chi connectivity index (χ4v) is 3.25. The summed E-state index contributed by atoms with van der Waals surface area (Å²) in [6, 6.07) is 26.9. The number of esters is 1. The van der Waals surface area contributed by atoms with Crippen molar-refractivity contribution in [2.24, 2.45) is 0 Å². The van der Waals surface area contributed by atoms with Gasteiger partial charge < -0.3 is 9.47 Å². The highest BCUT2D eigenvalue weighted by molar-refractivity contribution is 5.86. The molecule has 1 aliphatic heterocycles. The molecule has 1 aliphatic rings. The van der Waals surface area contributed by atoms with Gasteiger partial charge in [0, 0.05) is 5.56 Å². The Hall–Kier alpha value is -3.60. The van der Waals surface area contributed by atoms with Crippen molar-refractivity contribution >= 4 is 12.1 Å². The summed E-state index contributed by atoms with van der Waals surface area (Å²) in [6.45, 7) is 0.118. The van der Waals surface area contributed by atoms with Crippen LogP contribution in [0.4, 0.5) is 4.79 Å². The third-order valence-corrected chi connectivity index (χ3v) is 4.60. The van der Waals surface area contributed by atoms with E-state index in [9.17, 15) is 9.59 Å². The Morgan fingerprint density at radius 1 is 0.821 bits per heavy atom. The monoisotopic (exact) mass is 373 g/mol. The second-order valence-corrected chi connectivity index (χ2v) is 6.46. The van der Waals surface area contributed by atoms with E-state index in [1.54, 1.807) is 12.1 Å². The van der Waals surface area contributed by atoms with Gasteiger partial charge in [0.1, 0.15) is 6.61 Å². The van der Waals surface area contributed by atoms with Gasteiger partial charge in [-0.15, -0.1) is 0 Å². The number of nitrogens with zero attached hydrogens (tertiary/aromatic N) is 1. The van der Waals surface area contributed by atoms with Crippen molar-refractivity contribution in [3.63, 3.8) is 0 Å². The van der Waals surface area contributed by atoms with E-state index < -0.39 is 24.3 Å². The van der Waals surface area contributed by atoms with Gasteiger partial charge in [0.2, 0.25) is 6.23 Å². The first kappa shape index (κ1) is 17.8. The van der Waals surface area contributed by atoms with Crippen LogP contribution in [0.3, 0.4) is 0 Å². The van der Waals surface area contributed by atoms with Crippen LogP contribution in [0.2, 0.25) is 0 Å². The molecule has 0 saturated carbocycles. The number of benzene rings is 3. The number of cyclic esters (lactones) is 1. The number of ether oxygens (including phenoxy) is 2. The second kappa shape index (κ2) is 7.96. The SMILES string of the molecule is O=C1O[C@H](c2ccccc2)N(C(=O)OCc2ccccc2)[C@@H]1c1ccccc1. The highest BCUT2D eigenvalue weighted by Gasteiger charge is 2.47. The molecule has 0 radical (unpaired) electrons. The van der Waals surface area contributed by atoms with Crippen molar-refractivity contribution in [1.82, 2.24) is 4.90 Å². The summed E-state index contributed by atoms with van der Waals surface area (Å²) in [5.41, 5.74) is 2.27. The van der Waals surface area contributed by atoms with E-state index >= 15 is 0 Å². The Morgan fingerprint density at radius 3 is 1.96 bits per heavy atom. The largest absolute Gasteiger partial charge is 0.444 e. The molecule has 3 aromatic carbocycles. The van der Waals surface area contributed by atoms with Crippen LogP contribution in [0.1, 0.15) is 29.0 Å². The van der Waals surface area contributed by atoms with E-state index in [4.69, 9.17) is 9.47 Å². The molecule has 0 aliphatic carbocycles. The molecule has 1 amide bonds. The fourth-order valence-electron chi connectivity index (χ4n) is 3.25. The third-order valence-electron chi connectivity index (χ3n) is 4.60. The average Bonchev–Trinajstić information content (AvgIpc) is 3.11. The Labute approximate surface area is 163 Å². The van der Waals surface area contributed by atoms with Crippen LogP contribution < -0.4 is 0 Å². The van der Waals surface area contributed by atoms with E-state index in [0.717, 1.165) is 5.56 Å². The van der Waals surface area contributed by atoms with Gasteiger partial charge in [0.25, 0.3) is 0 Å². The minimum absolute atomic E-state index is 0.118. The molecular weight excluding hydrogens is 354 g/mol. The molecule has 5 heteroatoms. The summed E-state index contributed by atoms with van der Waals surface area (Å²) in [5, 5.41) is 0. The Kier molecular flexibility index (Phi) is 5.06. The van der Waals surface area contributed by atoms with Gasteiger partial charge in [-0.05, 0) is 11.1 Å². The minimum Gasteiger partial charge on any atom is -0.444 e. The van der Waals surface area contributed by atoms with E-state index in [1.807, 2.05) is 78.9 Å². The van der Waals surface area contributed by atoms with E-state index in [1.165, 1.54) is 4.90 Å². The fraction of sp³-hybridized carbons (Fsp3) is 0.130. The maximum atomic E-state index is 13.0. The maximum Gasteiger partial charge on any atom is 0.414 e. The lowest BCUT2D eigenvalue weighted by Gasteiger charge is -2.26. The first-order valence-electron chi connectivity index (χ1n) is 9.03. The predicted octanol–water partition coefficient (Wildman–Crippen LogP) is 4.62. The van der Waals surface area contributed by atoms with Crippen molar-refractivity contribution in [1.29, 1.82) is 0 Å². The summed E-state index contributed by atoms with van der Waals surface area (Å²) in [6.07, 6.45) is -1.43.